The lowest BCUT2D eigenvalue weighted by Gasteiger charge is -2.26. The molecule has 0 aliphatic heterocycles. The number of benzene rings is 3. The van der Waals surface area contributed by atoms with E-state index in [9.17, 15) is 22.0 Å². The molecule has 3 aromatic carbocycles. The lowest BCUT2D eigenvalue weighted by atomic mass is 10.1. The molecule has 35 heavy (non-hydrogen) atoms. The number of carbonyl (C=O) groups is 1. The predicted octanol–water partition coefficient (Wildman–Crippen LogP) is 4.88. The first-order valence-corrected chi connectivity index (χ1v) is 12.7. The van der Waals surface area contributed by atoms with Gasteiger partial charge in [0.2, 0.25) is 10.0 Å². The summed E-state index contributed by atoms with van der Waals surface area (Å²) >= 11 is 0. The average Bonchev–Trinajstić information content (AvgIpc) is 3.63. The van der Waals surface area contributed by atoms with Crippen LogP contribution in [0.3, 0.4) is 0 Å². The van der Waals surface area contributed by atoms with Crippen molar-refractivity contribution in [3.05, 3.63) is 89.5 Å². The molecule has 0 heterocycles. The van der Waals surface area contributed by atoms with Gasteiger partial charge in [0.25, 0.3) is 5.91 Å². The second kappa shape index (κ2) is 10.1. The van der Waals surface area contributed by atoms with Gasteiger partial charge in [0, 0.05) is 44.1 Å². The van der Waals surface area contributed by atoms with E-state index in [0.717, 1.165) is 36.7 Å². The molecule has 0 saturated heterocycles. The number of rotatable bonds is 9. The molecule has 6 nitrogen and oxygen atoms in total. The summed E-state index contributed by atoms with van der Waals surface area (Å²) in [6.45, 7) is 0.430. The molecule has 0 atom stereocenters. The Kier molecular flexibility index (Phi) is 7.18. The molecule has 1 saturated carbocycles. The fourth-order valence-corrected chi connectivity index (χ4v) is 5.34. The van der Waals surface area contributed by atoms with E-state index in [0.29, 0.717) is 17.8 Å². The van der Waals surface area contributed by atoms with Gasteiger partial charge in [0.05, 0.1) is 4.90 Å². The molecule has 1 aliphatic carbocycles. The van der Waals surface area contributed by atoms with E-state index in [4.69, 9.17) is 0 Å². The number of halogens is 2. The maximum absolute atomic E-state index is 13.5. The first kappa shape index (κ1) is 24.8. The highest BCUT2D eigenvalue weighted by atomic mass is 32.2. The molecule has 184 valence electrons. The van der Waals surface area contributed by atoms with Crippen molar-refractivity contribution >= 4 is 27.3 Å². The lowest BCUT2D eigenvalue weighted by molar-refractivity contribution is 0.102. The van der Waals surface area contributed by atoms with Crippen LogP contribution in [0.2, 0.25) is 0 Å². The molecule has 1 N–H and O–H groups in total. The van der Waals surface area contributed by atoms with Crippen LogP contribution in [-0.2, 0) is 16.6 Å². The highest BCUT2D eigenvalue weighted by Gasteiger charge is 2.32. The van der Waals surface area contributed by atoms with Crippen LogP contribution in [-0.4, -0.2) is 39.3 Å². The van der Waals surface area contributed by atoms with Crippen LogP contribution in [0.5, 0.6) is 0 Å². The summed E-state index contributed by atoms with van der Waals surface area (Å²) in [6, 6.07) is 15.4. The summed E-state index contributed by atoms with van der Waals surface area (Å²) in [5, 5.41) is 2.76. The van der Waals surface area contributed by atoms with Gasteiger partial charge in [-0.1, -0.05) is 6.07 Å². The largest absolute Gasteiger partial charge is 0.377 e. The van der Waals surface area contributed by atoms with E-state index in [2.05, 4.69) is 5.32 Å². The van der Waals surface area contributed by atoms with E-state index in [-0.39, 0.29) is 22.9 Å². The fraction of sp³-hybridized carbons (Fsp3) is 0.269. The zero-order valence-electron chi connectivity index (χ0n) is 19.5. The van der Waals surface area contributed by atoms with E-state index in [1.54, 1.807) is 18.2 Å². The molecule has 0 radical (unpaired) electrons. The van der Waals surface area contributed by atoms with Crippen molar-refractivity contribution in [2.45, 2.75) is 24.3 Å². The van der Waals surface area contributed by atoms with Crippen molar-refractivity contribution in [1.29, 1.82) is 0 Å². The van der Waals surface area contributed by atoms with Gasteiger partial charge in [-0.05, 0) is 85.0 Å². The third-order valence-corrected chi connectivity index (χ3v) is 7.69. The number of hydrogen-bond acceptors (Lipinski definition) is 4. The number of nitrogens with one attached hydrogen (secondary N) is 1. The number of anilines is 2. The second-order valence-corrected chi connectivity index (χ2v) is 10.8. The minimum Gasteiger partial charge on any atom is -0.377 e. The summed E-state index contributed by atoms with van der Waals surface area (Å²) in [5.74, 6) is -1.21. The topological polar surface area (TPSA) is 69.7 Å². The van der Waals surface area contributed by atoms with E-state index in [1.165, 1.54) is 34.6 Å². The van der Waals surface area contributed by atoms with Crippen LogP contribution in [0.4, 0.5) is 20.2 Å². The van der Waals surface area contributed by atoms with Gasteiger partial charge in [0.1, 0.15) is 11.6 Å². The Morgan fingerprint density at radius 3 is 2.31 bits per heavy atom. The van der Waals surface area contributed by atoms with Crippen LogP contribution < -0.4 is 10.2 Å². The molecule has 3 aromatic rings. The number of nitrogens with zero attached hydrogens (tertiary/aromatic N) is 2. The second-order valence-electron chi connectivity index (χ2n) is 8.90. The minimum absolute atomic E-state index is 0.0292. The van der Waals surface area contributed by atoms with Crippen molar-refractivity contribution in [3.8, 4) is 0 Å². The summed E-state index contributed by atoms with van der Waals surface area (Å²) in [5.41, 5.74) is 2.13. The Bertz CT molecular complexity index is 1320. The van der Waals surface area contributed by atoms with Crippen LogP contribution in [0.15, 0.2) is 71.6 Å². The minimum atomic E-state index is -3.88. The number of amides is 1. The first-order chi connectivity index (χ1) is 16.6. The van der Waals surface area contributed by atoms with Crippen molar-refractivity contribution in [1.82, 2.24) is 4.31 Å². The summed E-state index contributed by atoms with van der Waals surface area (Å²) in [6.07, 6.45) is 1.92. The van der Waals surface area contributed by atoms with Crippen molar-refractivity contribution < 1.29 is 22.0 Å². The molecule has 1 amide bonds. The van der Waals surface area contributed by atoms with E-state index >= 15 is 0 Å². The molecular formula is C26H27F2N3O3S. The highest BCUT2D eigenvalue weighted by Crippen LogP contribution is 2.34. The van der Waals surface area contributed by atoms with Crippen LogP contribution >= 0.6 is 0 Å². The molecule has 1 fully saturated rings. The van der Waals surface area contributed by atoms with Crippen LogP contribution in [0.1, 0.15) is 28.8 Å². The van der Waals surface area contributed by atoms with Gasteiger partial charge in [-0.25, -0.2) is 17.2 Å². The van der Waals surface area contributed by atoms with Crippen LogP contribution in [0, 0.1) is 17.6 Å². The number of carbonyl (C=O) groups excluding carboxylic acids is 1. The summed E-state index contributed by atoms with van der Waals surface area (Å²) in [7, 11) is -0.177. The first-order valence-electron chi connectivity index (χ1n) is 11.3. The molecule has 0 unspecified atom stereocenters. The van der Waals surface area contributed by atoms with Gasteiger partial charge in [-0.15, -0.1) is 0 Å². The Hall–Kier alpha value is -3.30. The Balaban J connectivity index is 1.65. The third-order valence-electron chi connectivity index (χ3n) is 5.86. The van der Waals surface area contributed by atoms with Crippen molar-refractivity contribution in [2.75, 3.05) is 30.9 Å². The monoisotopic (exact) mass is 499 g/mol. The highest BCUT2D eigenvalue weighted by molar-refractivity contribution is 7.89. The fourth-order valence-electron chi connectivity index (χ4n) is 3.84. The van der Waals surface area contributed by atoms with Crippen molar-refractivity contribution in [3.63, 3.8) is 0 Å². The SMILES string of the molecule is CN(C)c1ccc(NC(=O)c2cccc(F)c2)cc1CN(CC1CC1)S(=O)(=O)c1ccc(F)cc1. The quantitative estimate of drug-likeness (QED) is 0.456. The number of sulfonamides is 1. The number of hydrogen-bond donors (Lipinski definition) is 1. The average molecular weight is 500 g/mol. The van der Waals surface area contributed by atoms with Crippen LogP contribution in [0.25, 0.3) is 0 Å². The Labute approximate surface area is 204 Å². The molecule has 0 aromatic heterocycles. The summed E-state index contributed by atoms with van der Waals surface area (Å²) < 4.78 is 55.3. The van der Waals surface area contributed by atoms with Gasteiger partial charge >= 0.3 is 0 Å². The Morgan fingerprint density at radius 1 is 0.971 bits per heavy atom. The van der Waals surface area contributed by atoms with Gasteiger partial charge < -0.3 is 10.2 Å². The summed E-state index contributed by atoms with van der Waals surface area (Å²) in [4.78, 5) is 14.5. The van der Waals surface area contributed by atoms with Gasteiger partial charge in [-0.2, -0.15) is 4.31 Å². The zero-order chi connectivity index (χ0) is 25.2. The maximum Gasteiger partial charge on any atom is 0.255 e. The molecular weight excluding hydrogens is 472 g/mol. The molecule has 1 aliphatic rings. The zero-order valence-corrected chi connectivity index (χ0v) is 20.4. The van der Waals surface area contributed by atoms with Gasteiger partial charge in [-0.3, -0.25) is 4.79 Å². The van der Waals surface area contributed by atoms with E-state index in [1.807, 2.05) is 19.0 Å². The van der Waals surface area contributed by atoms with Crippen molar-refractivity contribution in [2.24, 2.45) is 5.92 Å². The van der Waals surface area contributed by atoms with Gasteiger partial charge in [0.15, 0.2) is 0 Å². The maximum atomic E-state index is 13.5. The molecule has 4 rings (SSSR count). The smallest absolute Gasteiger partial charge is 0.255 e. The Morgan fingerprint density at radius 2 is 1.69 bits per heavy atom. The molecule has 9 heteroatoms. The van der Waals surface area contributed by atoms with E-state index < -0.39 is 27.6 Å². The normalized spacial score (nSPS) is 13.6. The third kappa shape index (κ3) is 6.04. The molecule has 0 spiro atoms. The standard InChI is InChI=1S/C26H27F2N3O3S/c1-30(2)25-13-10-23(29-26(32)19-4-3-5-22(28)14-19)15-20(25)17-31(16-18-6-7-18)35(33,34)24-11-8-21(27)9-12-24/h3-5,8-15,18H,6-7,16-17H2,1-2H3,(H,29,32). The predicted molar refractivity (Wildman–Crippen MR) is 132 cm³/mol. The molecule has 0 bridgehead atoms. The lowest BCUT2D eigenvalue weighted by Crippen LogP contribution is -2.33.